The monoisotopic (exact) mass is 186 g/mol. The molecule has 0 saturated carbocycles. The van der Waals surface area contributed by atoms with Gasteiger partial charge in [0.1, 0.15) is 0 Å². The van der Waals surface area contributed by atoms with Crippen molar-refractivity contribution in [2.24, 2.45) is 0 Å². The minimum Gasteiger partial charge on any atom is -0.398 e. The maximum atomic E-state index is 6.00. The van der Waals surface area contributed by atoms with Crippen molar-refractivity contribution in [1.29, 1.82) is 0 Å². The highest BCUT2D eigenvalue weighted by molar-refractivity contribution is 5.95. The lowest BCUT2D eigenvalue weighted by molar-refractivity contribution is 0.680. The van der Waals surface area contributed by atoms with E-state index in [1.807, 2.05) is 12.1 Å². The van der Waals surface area contributed by atoms with E-state index >= 15 is 0 Å². The van der Waals surface area contributed by atoms with Gasteiger partial charge in [-0.2, -0.15) is 0 Å². The molecule has 0 radical (unpaired) electrons. The van der Waals surface area contributed by atoms with Crippen LogP contribution >= 0.6 is 0 Å². The van der Waals surface area contributed by atoms with E-state index < -0.39 is 0 Å². The zero-order valence-corrected chi connectivity index (χ0v) is 8.14. The minimum atomic E-state index is 0.918. The summed E-state index contributed by atoms with van der Waals surface area (Å²) in [7, 11) is 0. The minimum absolute atomic E-state index is 0.918. The van der Waals surface area contributed by atoms with Crippen LogP contribution in [0.1, 0.15) is 24.1 Å². The lowest BCUT2D eigenvalue weighted by Gasteiger charge is -2.10. The van der Waals surface area contributed by atoms with Crippen molar-refractivity contribution in [2.45, 2.75) is 25.7 Å². The van der Waals surface area contributed by atoms with E-state index in [9.17, 15) is 0 Å². The summed E-state index contributed by atoms with van der Waals surface area (Å²) in [6, 6.07) is 6.12. The highest BCUT2D eigenvalue weighted by Gasteiger charge is 2.16. The number of nitrogens with one attached hydrogen (secondary N) is 1. The smallest absolute Gasteiger partial charge is 0.0479 e. The van der Waals surface area contributed by atoms with Gasteiger partial charge in [0.15, 0.2) is 0 Å². The summed E-state index contributed by atoms with van der Waals surface area (Å²) < 4.78 is 0. The van der Waals surface area contributed by atoms with E-state index in [0.717, 1.165) is 5.69 Å². The molecule has 0 unspecified atom stereocenters. The van der Waals surface area contributed by atoms with Gasteiger partial charge in [-0.3, -0.25) is 0 Å². The van der Waals surface area contributed by atoms with Gasteiger partial charge in [0.05, 0.1) is 0 Å². The predicted molar refractivity (Wildman–Crippen MR) is 59.4 cm³/mol. The second kappa shape index (κ2) is 2.77. The first-order chi connectivity index (χ1) is 6.86. The molecule has 1 aliphatic carbocycles. The number of anilines is 1. The number of benzene rings is 1. The summed E-state index contributed by atoms with van der Waals surface area (Å²) in [5.74, 6) is 0. The number of nitrogen functional groups attached to an aromatic ring is 1. The standard InChI is InChI=1S/C12H14N2/c13-9-5-3-7-11-12(9)8-4-1-2-6-10(8)14-11/h3,5,7,14H,1-2,4,6,13H2. The molecule has 0 spiro atoms. The molecule has 1 aromatic carbocycles. The summed E-state index contributed by atoms with van der Waals surface area (Å²) in [5, 5.41) is 1.27. The Labute approximate surface area is 83.1 Å². The first kappa shape index (κ1) is 7.92. The molecule has 0 aliphatic heterocycles. The molecule has 1 aromatic heterocycles. The molecule has 3 N–H and O–H groups in total. The van der Waals surface area contributed by atoms with Crippen LogP contribution < -0.4 is 5.73 Å². The quantitative estimate of drug-likeness (QED) is 0.610. The number of rotatable bonds is 0. The van der Waals surface area contributed by atoms with Crippen molar-refractivity contribution in [2.75, 3.05) is 5.73 Å². The number of nitrogens with two attached hydrogens (primary N) is 1. The maximum absolute atomic E-state index is 6.00. The van der Waals surface area contributed by atoms with Gasteiger partial charge >= 0.3 is 0 Å². The van der Waals surface area contributed by atoms with E-state index in [4.69, 9.17) is 5.73 Å². The van der Waals surface area contributed by atoms with Gasteiger partial charge in [-0.25, -0.2) is 0 Å². The van der Waals surface area contributed by atoms with E-state index in [0.29, 0.717) is 0 Å². The van der Waals surface area contributed by atoms with Gasteiger partial charge in [-0.1, -0.05) is 6.07 Å². The Hall–Kier alpha value is -1.44. The molecule has 2 nitrogen and oxygen atoms in total. The zero-order chi connectivity index (χ0) is 9.54. The van der Waals surface area contributed by atoms with Crippen molar-refractivity contribution < 1.29 is 0 Å². The van der Waals surface area contributed by atoms with Crippen molar-refractivity contribution >= 4 is 16.6 Å². The molecule has 0 fully saturated rings. The van der Waals surface area contributed by atoms with Crippen LogP contribution in [0.2, 0.25) is 0 Å². The van der Waals surface area contributed by atoms with Crippen molar-refractivity contribution in [3.05, 3.63) is 29.5 Å². The van der Waals surface area contributed by atoms with Crippen LogP contribution in [-0.2, 0) is 12.8 Å². The molecule has 2 aromatic rings. The second-order valence-corrected chi connectivity index (χ2v) is 4.06. The van der Waals surface area contributed by atoms with Gasteiger partial charge in [-0.05, 0) is 43.4 Å². The number of aryl methyl sites for hydroxylation is 2. The Morgan fingerprint density at radius 3 is 2.93 bits per heavy atom. The van der Waals surface area contributed by atoms with Crippen LogP contribution in [0.5, 0.6) is 0 Å². The second-order valence-electron chi connectivity index (χ2n) is 4.06. The molecule has 0 bridgehead atoms. The molecule has 1 heterocycles. The average molecular weight is 186 g/mol. The first-order valence-electron chi connectivity index (χ1n) is 5.24. The number of aromatic nitrogens is 1. The fourth-order valence-corrected chi connectivity index (χ4v) is 2.49. The van der Waals surface area contributed by atoms with Crippen LogP contribution in [0.15, 0.2) is 18.2 Å². The van der Waals surface area contributed by atoms with Crippen molar-refractivity contribution in [1.82, 2.24) is 4.98 Å². The van der Waals surface area contributed by atoms with Crippen LogP contribution in [0.3, 0.4) is 0 Å². The number of fused-ring (bicyclic) bond motifs is 3. The maximum Gasteiger partial charge on any atom is 0.0479 e. The van der Waals surface area contributed by atoms with Crippen molar-refractivity contribution in [3.63, 3.8) is 0 Å². The normalized spacial score (nSPS) is 15.7. The molecular weight excluding hydrogens is 172 g/mol. The van der Waals surface area contributed by atoms with Gasteiger partial charge in [0.2, 0.25) is 0 Å². The third kappa shape index (κ3) is 0.969. The van der Waals surface area contributed by atoms with Gasteiger partial charge in [0.25, 0.3) is 0 Å². The van der Waals surface area contributed by atoms with Crippen LogP contribution in [0.25, 0.3) is 10.9 Å². The number of hydrogen-bond donors (Lipinski definition) is 2. The largest absolute Gasteiger partial charge is 0.398 e. The Balaban J connectivity index is 2.38. The zero-order valence-electron chi connectivity index (χ0n) is 8.14. The highest BCUT2D eigenvalue weighted by atomic mass is 14.7. The van der Waals surface area contributed by atoms with Gasteiger partial charge < -0.3 is 10.7 Å². The number of H-pyrrole nitrogens is 1. The molecular formula is C12H14N2. The third-order valence-corrected chi connectivity index (χ3v) is 3.15. The van der Waals surface area contributed by atoms with E-state index in [1.54, 1.807) is 0 Å². The topological polar surface area (TPSA) is 41.8 Å². The summed E-state index contributed by atoms with van der Waals surface area (Å²) in [6.07, 6.45) is 4.97. The van der Waals surface area contributed by atoms with E-state index in [1.165, 1.54) is 47.8 Å². The van der Waals surface area contributed by atoms with E-state index in [2.05, 4.69) is 11.1 Å². The summed E-state index contributed by atoms with van der Waals surface area (Å²) in [6.45, 7) is 0. The summed E-state index contributed by atoms with van der Waals surface area (Å²) >= 11 is 0. The summed E-state index contributed by atoms with van der Waals surface area (Å²) in [4.78, 5) is 3.48. The molecule has 14 heavy (non-hydrogen) atoms. The Kier molecular flexibility index (Phi) is 1.57. The van der Waals surface area contributed by atoms with Gasteiger partial charge in [0, 0.05) is 22.3 Å². The number of hydrogen-bond acceptors (Lipinski definition) is 1. The van der Waals surface area contributed by atoms with Crippen LogP contribution in [0.4, 0.5) is 5.69 Å². The molecule has 0 amide bonds. The molecule has 0 saturated heterocycles. The Bertz CT molecular complexity index is 482. The third-order valence-electron chi connectivity index (χ3n) is 3.15. The average Bonchev–Trinajstić information content (AvgIpc) is 2.57. The van der Waals surface area contributed by atoms with E-state index in [-0.39, 0.29) is 0 Å². The molecule has 2 heteroatoms. The molecule has 0 atom stereocenters. The lowest BCUT2D eigenvalue weighted by Crippen LogP contribution is -2.00. The fraction of sp³-hybridized carbons (Fsp3) is 0.333. The SMILES string of the molecule is Nc1cccc2[nH]c3c(c12)CCCC3. The van der Waals surface area contributed by atoms with Crippen LogP contribution in [-0.4, -0.2) is 4.98 Å². The number of aromatic amines is 1. The van der Waals surface area contributed by atoms with Crippen LogP contribution in [0, 0.1) is 0 Å². The summed E-state index contributed by atoms with van der Waals surface area (Å²) in [5.41, 5.74) is 11.0. The molecule has 1 aliphatic rings. The Morgan fingerprint density at radius 2 is 2.00 bits per heavy atom. The van der Waals surface area contributed by atoms with Crippen molar-refractivity contribution in [3.8, 4) is 0 Å². The highest BCUT2D eigenvalue weighted by Crippen LogP contribution is 2.32. The lowest BCUT2D eigenvalue weighted by atomic mass is 9.95. The predicted octanol–water partition coefficient (Wildman–Crippen LogP) is 2.63. The molecule has 72 valence electrons. The van der Waals surface area contributed by atoms with Gasteiger partial charge in [-0.15, -0.1) is 0 Å². The molecule has 3 rings (SSSR count). The fourth-order valence-electron chi connectivity index (χ4n) is 2.49. The Morgan fingerprint density at radius 1 is 1.14 bits per heavy atom. The first-order valence-corrected chi connectivity index (χ1v) is 5.24.